The molecule has 0 aromatic carbocycles. The van der Waals surface area contributed by atoms with Gasteiger partial charge in [0.2, 0.25) is 0 Å². The van der Waals surface area contributed by atoms with E-state index in [1.54, 1.807) is 0 Å². The van der Waals surface area contributed by atoms with Gasteiger partial charge in [0.25, 0.3) is 0 Å². The van der Waals surface area contributed by atoms with Crippen LogP contribution in [-0.2, 0) is 0 Å². The van der Waals surface area contributed by atoms with E-state index in [1.807, 2.05) is 0 Å². The predicted molar refractivity (Wildman–Crippen MR) is 40.1 cm³/mol. The van der Waals surface area contributed by atoms with E-state index in [1.165, 1.54) is 19.3 Å². The Hall–Kier alpha value is 1.73. The number of halogens is 2. The maximum atomic E-state index is 2.31. The maximum Gasteiger partial charge on any atom is 2.00 e. The van der Waals surface area contributed by atoms with Gasteiger partial charge < -0.3 is 34.0 Å². The summed E-state index contributed by atoms with van der Waals surface area (Å²) < 4.78 is 0. The van der Waals surface area contributed by atoms with E-state index in [9.17, 15) is 0 Å². The molecule has 0 amide bonds. The molecule has 0 fully saturated rings. The van der Waals surface area contributed by atoms with E-state index in [-0.39, 0.29) is 57.0 Å². The van der Waals surface area contributed by atoms with Crippen molar-refractivity contribution in [2.45, 2.75) is 40.0 Å². The summed E-state index contributed by atoms with van der Waals surface area (Å²) in [5.74, 6) is 0.949. The van der Waals surface area contributed by atoms with E-state index in [4.69, 9.17) is 0 Å². The second-order valence-electron chi connectivity index (χ2n) is 2.30. The first-order valence-corrected chi connectivity index (χ1v) is 3.31. The molecule has 0 radical (unpaired) electrons. The van der Waals surface area contributed by atoms with E-state index < -0.39 is 0 Å². The quantitative estimate of drug-likeness (QED) is 0.471. The second-order valence-corrected chi connectivity index (χ2v) is 2.30. The molecule has 0 N–H and O–H groups in total. The molecular weight excluding hydrogens is 268 g/mol. The smallest absolute Gasteiger partial charge is 1.00 e. The largest absolute Gasteiger partial charge is 2.00 e. The number of hydrogen-bond donors (Lipinski definition) is 0. The molecule has 0 aromatic rings. The molecule has 0 saturated heterocycles. The van der Waals surface area contributed by atoms with Gasteiger partial charge in [-0.1, -0.05) is 40.0 Å². The Morgan fingerprint density at radius 3 is 1.60 bits per heavy atom. The van der Waals surface area contributed by atoms with Crippen LogP contribution >= 0.6 is 0 Å². The molecule has 0 bridgehead atoms. The third kappa shape index (κ3) is 16.4. The third-order valence-electron chi connectivity index (χ3n) is 1.48. The summed E-state index contributed by atoms with van der Waals surface area (Å²) in [5.41, 5.74) is 0. The van der Waals surface area contributed by atoms with Crippen LogP contribution in [0.5, 0.6) is 0 Å². The minimum atomic E-state index is 0. The molecular formula is C7H16Br2Mg. The van der Waals surface area contributed by atoms with Crippen molar-refractivity contribution in [1.29, 1.82) is 0 Å². The van der Waals surface area contributed by atoms with Crippen LogP contribution < -0.4 is 34.0 Å². The minimum Gasteiger partial charge on any atom is -1.00 e. The van der Waals surface area contributed by atoms with Crippen LogP contribution in [0.1, 0.15) is 40.0 Å². The molecule has 60 valence electrons. The van der Waals surface area contributed by atoms with Gasteiger partial charge in [0.15, 0.2) is 0 Å². The van der Waals surface area contributed by atoms with Crippen molar-refractivity contribution in [3.63, 3.8) is 0 Å². The summed E-state index contributed by atoms with van der Waals surface area (Å²) in [6, 6.07) is 0. The van der Waals surface area contributed by atoms with Crippen molar-refractivity contribution < 1.29 is 34.0 Å². The van der Waals surface area contributed by atoms with Gasteiger partial charge in [-0.3, -0.25) is 0 Å². The first-order valence-electron chi connectivity index (χ1n) is 3.31. The third-order valence-corrected chi connectivity index (χ3v) is 1.48. The number of rotatable bonds is 3. The first kappa shape index (κ1) is 22.6. The van der Waals surface area contributed by atoms with Crippen LogP contribution in [0.4, 0.5) is 0 Å². The Balaban J connectivity index is -0.0000000600. The zero-order chi connectivity index (χ0) is 5.70. The minimum absolute atomic E-state index is 0. The second kappa shape index (κ2) is 17.0. The van der Waals surface area contributed by atoms with Crippen molar-refractivity contribution in [1.82, 2.24) is 0 Å². The molecule has 1 unspecified atom stereocenters. The SMILES string of the molecule is CCCC(C)CC.[Br-].[Br-].[Mg+2]. The van der Waals surface area contributed by atoms with Crippen LogP contribution in [0.2, 0.25) is 0 Å². The monoisotopic (exact) mass is 282 g/mol. The Labute approximate surface area is 102 Å². The number of hydrogen-bond acceptors (Lipinski definition) is 0. The average Bonchev–Trinajstić information content (AvgIpc) is 1.68. The van der Waals surface area contributed by atoms with Gasteiger partial charge in [0, 0.05) is 0 Å². The molecule has 0 aromatic heterocycles. The fourth-order valence-corrected chi connectivity index (χ4v) is 0.697. The van der Waals surface area contributed by atoms with Crippen LogP contribution in [-0.4, -0.2) is 23.1 Å². The van der Waals surface area contributed by atoms with Gasteiger partial charge in [0.05, 0.1) is 0 Å². The zero-order valence-corrected chi connectivity index (χ0v) is 11.7. The zero-order valence-electron chi connectivity index (χ0n) is 7.16. The van der Waals surface area contributed by atoms with Crippen molar-refractivity contribution in [3.8, 4) is 0 Å². The van der Waals surface area contributed by atoms with Gasteiger partial charge >= 0.3 is 23.1 Å². The maximum absolute atomic E-state index is 2.31. The summed E-state index contributed by atoms with van der Waals surface area (Å²) in [7, 11) is 0. The molecule has 0 heterocycles. The van der Waals surface area contributed by atoms with E-state index in [0.29, 0.717) is 0 Å². The Bertz CT molecular complexity index is 42.6. The van der Waals surface area contributed by atoms with Crippen LogP contribution in [0.3, 0.4) is 0 Å². The van der Waals surface area contributed by atoms with Crippen molar-refractivity contribution in [2.75, 3.05) is 0 Å². The summed E-state index contributed by atoms with van der Waals surface area (Å²) in [6.45, 7) is 6.80. The van der Waals surface area contributed by atoms with Crippen LogP contribution in [0.25, 0.3) is 0 Å². The molecule has 0 aliphatic rings. The van der Waals surface area contributed by atoms with Crippen LogP contribution in [0.15, 0.2) is 0 Å². The summed E-state index contributed by atoms with van der Waals surface area (Å²) >= 11 is 0. The van der Waals surface area contributed by atoms with Crippen molar-refractivity contribution in [3.05, 3.63) is 0 Å². The molecule has 0 rings (SSSR count). The normalized spacial score (nSPS) is 9.90. The van der Waals surface area contributed by atoms with Gasteiger partial charge in [-0.25, -0.2) is 0 Å². The molecule has 0 spiro atoms. The Morgan fingerprint density at radius 1 is 1.10 bits per heavy atom. The first-order chi connectivity index (χ1) is 3.31. The van der Waals surface area contributed by atoms with E-state index in [2.05, 4.69) is 20.8 Å². The van der Waals surface area contributed by atoms with Crippen molar-refractivity contribution in [2.24, 2.45) is 5.92 Å². The van der Waals surface area contributed by atoms with Gasteiger partial charge in [-0.2, -0.15) is 0 Å². The average molecular weight is 284 g/mol. The molecule has 1 atom stereocenters. The van der Waals surface area contributed by atoms with Gasteiger partial charge in [0.1, 0.15) is 0 Å². The van der Waals surface area contributed by atoms with Crippen molar-refractivity contribution >= 4 is 23.1 Å². The van der Waals surface area contributed by atoms with E-state index >= 15 is 0 Å². The molecule has 0 aliphatic carbocycles. The summed E-state index contributed by atoms with van der Waals surface area (Å²) in [5, 5.41) is 0. The molecule has 3 heteroatoms. The van der Waals surface area contributed by atoms with E-state index in [0.717, 1.165) is 5.92 Å². The Morgan fingerprint density at radius 2 is 1.50 bits per heavy atom. The summed E-state index contributed by atoms with van der Waals surface area (Å²) in [4.78, 5) is 0. The predicted octanol–water partition coefficient (Wildman–Crippen LogP) is -3.54. The standard InChI is InChI=1S/C7H16.2BrH.Mg/c1-4-6-7(3)5-2;;;/h7H,4-6H2,1-3H3;2*1H;/q;;;+2/p-2. The van der Waals surface area contributed by atoms with Crippen LogP contribution in [0, 0.1) is 5.92 Å². The fraction of sp³-hybridized carbons (Fsp3) is 1.00. The molecule has 0 saturated carbocycles. The molecule has 0 nitrogen and oxygen atoms in total. The Kier molecular flexibility index (Phi) is 38.4. The summed E-state index contributed by atoms with van der Waals surface area (Å²) in [6.07, 6.45) is 4.08. The topological polar surface area (TPSA) is 0 Å². The van der Waals surface area contributed by atoms with Gasteiger partial charge in [-0.05, 0) is 5.92 Å². The van der Waals surface area contributed by atoms with Gasteiger partial charge in [-0.15, -0.1) is 0 Å². The molecule has 10 heavy (non-hydrogen) atoms. The molecule has 0 aliphatic heterocycles. The fourth-order valence-electron chi connectivity index (χ4n) is 0.697.